The van der Waals surface area contributed by atoms with Gasteiger partial charge in [0, 0.05) is 13.1 Å². The van der Waals surface area contributed by atoms with Crippen LogP contribution in [-0.2, 0) is 0 Å². The number of benzene rings is 2. The lowest BCUT2D eigenvalue weighted by atomic mass is 10.0. The molecule has 0 aliphatic carbocycles. The monoisotopic (exact) mass is 347 g/mol. The lowest BCUT2D eigenvalue weighted by molar-refractivity contribution is 0.153. The number of ether oxygens (including phenoxy) is 1. The summed E-state index contributed by atoms with van der Waals surface area (Å²) in [5.41, 5.74) is 0. The van der Waals surface area contributed by atoms with E-state index in [0.29, 0.717) is 0 Å². The highest BCUT2D eigenvalue weighted by molar-refractivity contribution is 9.10. The summed E-state index contributed by atoms with van der Waals surface area (Å²) in [6.07, 6.45) is 2.69. The first-order valence-corrected chi connectivity index (χ1v) is 8.56. The summed E-state index contributed by atoms with van der Waals surface area (Å²) in [6, 6.07) is 12.6. The predicted octanol–water partition coefficient (Wildman–Crippen LogP) is 4.71. The molecule has 1 aliphatic rings. The van der Waals surface area contributed by atoms with Crippen LogP contribution < -0.4 is 4.74 Å². The lowest BCUT2D eigenvalue weighted by Crippen LogP contribution is -2.37. The molecule has 0 N–H and O–H groups in total. The van der Waals surface area contributed by atoms with E-state index in [1.54, 1.807) is 0 Å². The molecular formula is C18H22BrNO. The molecule has 0 saturated carbocycles. The van der Waals surface area contributed by atoms with Gasteiger partial charge in [-0.15, -0.1) is 0 Å². The quantitative estimate of drug-likeness (QED) is 0.793. The maximum atomic E-state index is 5.99. The number of nitrogens with zero attached hydrogens (tertiary/aromatic N) is 1. The van der Waals surface area contributed by atoms with Gasteiger partial charge in [-0.1, -0.05) is 37.3 Å². The van der Waals surface area contributed by atoms with Gasteiger partial charge in [0.25, 0.3) is 0 Å². The maximum absolute atomic E-state index is 5.99. The highest BCUT2D eigenvalue weighted by Crippen LogP contribution is 2.33. The Hall–Kier alpha value is -1.06. The van der Waals surface area contributed by atoms with Gasteiger partial charge in [0.15, 0.2) is 0 Å². The smallest absolute Gasteiger partial charge is 0.134 e. The van der Waals surface area contributed by atoms with Crippen molar-refractivity contribution < 1.29 is 4.74 Å². The molecule has 0 aromatic heterocycles. The Morgan fingerprint density at radius 1 is 1.24 bits per heavy atom. The first kappa shape index (κ1) is 14.9. The molecule has 3 rings (SSSR count). The van der Waals surface area contributed by atoms with Gasteiger partial charge in [-0.25, -0.2) is 0 Å². The average Bonchev–Trinajstić information content (AvgIpc) is 2.50. The van der Waals surface area contributed by atoms with Gasteiger partial charge >= 0.3 is 0 Å². The largest absolute Gasteiger partial charge is 0.491 e. The molecule has 2 aromatic carbocycles. The highest BCUT2D eigenvalue weighted by atomic mass is 79.9. The van der Waals surface area contributed by atoms with Crippen molar-refractivity contribution in [2.75, 3.05) is 26.2 Å². The second-order valence-corrected chi connectivity index (χ2v) is 6.79. The van der Waals surface area contributed by atoms with E-state index >= 15 is 0 Å². The highest BCUT2D eigenvalue weighted by Gasteiger charge is 2.16. The van der Waals surface area contributed by atoms with E-state index in [0.717, 1.165) is 29.3 Å². The minimum Gasteiger partial charge on any atom is -0.491 e. The Balaban J connectivity index is 1.61. The van der Waals surface area contributed by atoms with Crippen LogP contribution in [-0.4, -0.2) is 31.1 Å². The Labute approximate surface area is 135 Å². The van der Waals surface area contributed by atoms with Crippen LogP contribution in [0.5, 0.6) is 5.75 Å². The standard InChI is InChI=1S/C18H22BrNO/c1-14-5-4-10-20(13-14)11-12-21-17-9-8-15-6-2-3-7-16(15)18(17)19/h2-3,6-9,14H,4-5,10-13H2,1H3/t14-/m1/s1. The summed E-state index contributed by atoms with van der Waals surface area (Å²) in [5, 5.41) is 2.45. The SMILES string of the molecule is C[C@@H]1CCCN(CCOc2ccc3ccccc3c2Br)C1. The predicted molar refractivity (Wildman–Crippen MR) is 92.0 cm³/mol. The zero-order chi connectivity index (χ0) is 14.7. The lowest BCUT2D eigenvalue weighted by Gasteiger charge is -2.30. The molecule has 1 atom stereocenters. The number of hydrogen-bond acceptors (Lipinski definition) is 2. The van der Waals surface area contributed by atoms with Crippen LogP contribution in [0.3, 0.4) is 0 Å². The van der Waals surface area contributed by atoms with Gasteiger partial charge < -0.3 is 4.74 Å². The number of halogens is 1. The summed E-state index contributed by atoms with van der Waals surface area (Å²) < 4.78 is 7.06. The van der Waals surface area contributed by atoms with Crippen LogP contribution in [0.25, 0.3) is 10.8 Å². The summed E-state index contributed by atoms with van der Waals surface area (Å²) >= 11 is 3.68. The first-order chi connectivity index (χ1) is 10.2. The second kappa shape index (κ2) is 6.80. The van der Waals surface area contributed by atoms with Crippen LogP contribution in [0.1, 0.15) is 19.8 Å². The van der Waals surface area contributed by atoms with Crippen molar-refractivity contribution in [2.24, 2.45) is 5.92 Å². The minimum absolute atomic E-state index is 0.754. The Morgan fingerprint density at radius 3 is 2.95 bits per heavy atom. The molecule has 1 heterocycles. The maximum Gasteiger partial charge on any atom is 0.134 e. The normalized spacial score (nSPS) is 19.8. The van der Waals surface area contributed by atoms with Crippen LogP contribution in [0.4, 0.5) is 0 Å². The molecule has 1 fully saturated rings. The summed E-state index contributed by atoms with van der Waals surface area (Å²) in [6.45, 7) is 6.54. The third-order valence-corrected chi connectivity index (χ3v) is 5.05. The van der Waals surface area contributed by atoms with E-state index in [1.807, 2.05) is 0 Å². The van der Waals surface area contributed by atoms with Crippen LogP contribution in [0.15, 0.2) is 40.9 Å². The summed E-state index contributed by atoms with van der Waals surface area (Å²) in [5.74, 6) is 1.77. The topological polar surface area (TPSA) is 12.5 Å². The van der Waals surface area contributed by atoms with E-state index in [-0.39, 0.29) is 0 Å². The molecule has 1 aliphatic heterocycles. The zero-order valence-corrected chi connectivity index (χ0v) is 14.1. The fraction of sp³-hybridized carbons (Fsp3) is 0.444. The minimum atomic E-state index is 0.754. The fourth-order valence-corrected chi connectivity index (χ4v) is 3.71. The van der Waals surface area contributed by atoms with Crippen molar-refractivity contribution >= 4 is 26.7 Å². The second-order valence-electron chi connectivity index (χ2n) is 6.00. The average molecular weight is 348 g/mol. The van der Waals surface area contributed by atoms with Gasteiger partial charge in [0.1, 0.15) is 12.4 Å². The van der Waals surface area contributed by atoms with Gasteiger partial charge in [-0.3, -0.25) is 4.90 Å². The molecule has 112 valence electrons. The Kier molecular flexibility index (Phi) is 4.81. The van der Waals surface area contributed by atoms with Crippen molar-refractivity contribution in [1.29, 1.82) is 0 Å². The molecule has 1 saturated heterocycles. The van der Waals surface area contributed by atoms with Crippen molar-refractivity contribution in [3.05, 3.63) is 40.9 Å². The van der Waals surface area contributed by atoms with E-state index in [9.17, 15) is 0 Å². The third kappa shape index (κ3) is 3.58. The molecule has 0 bridgehead atoms. The Morgan fingerprint density at radius 2 is 2.10 bits per heavy atom. The molecule has 2 nitrogen and oxygen atoms in total. The van der Waals surface area contributed by atoms with Crippen LogP contribution >= 0.6 is 15.9 Å². The van der Waals surface area contributed by atoms with Crippen LogP contribution in [0.2, 0.25) is 0 Å². The van der Waals surface area contributed by atoms with E-state index in [2.05, 4.69) is 64.2 Å². The first-order valence-electron chi connectivity index (χ1n) is 7.76. The molecule has 0 radical (unpaired) electrons. The summed E-state index contributed by atoms with van der Waals surface area (Å²) in [4.78, 5) is 2.52. The number of rotatable bonds is 4. The van der Waals surface area contributed by atoms with Gasteiger partial charge in [0.05, 0.1) is 4.47 Å². The van der Waals surface area contributed by atoms with E-state index in [1.165, 1.54) is 36.7 Å². The zero-order valence-electron chi connectivity index (χ0n) is 12.5. The van der Waals surface area contributed by atoms with Crippen molar-refractivity contribution in [2.45, 2.75) is 19.8 Å². The number of fused-ring (bicyclic) bond motifs is 1. The third-order valence-electron chi connectivity index (χ3n) is 4.23. The summed E-state index contributed by atoms with van der Waals surface area (Å²) in [7, 11) is 0. The molecule has 3 heteroatoms. The fourth-order valence-electron chi connectivity index (χ4n) is 3.10. The van der Waals surface area contributed by atoms with E-state index in [4.69, 9.17) is 4.74 Å². The number of piperidine rings is 1. The molecule has 0 unspecified atom stereocenters. The van der Waals surface area contributed by atoms with Crippen molar-refractivity contribution in [3.63, 3.8) is 0 Å². The molecule has 0 amide bonds. The van der Waals surface area contributed by atoms with Crippen molar-refractivity contribution in [3.8, 4) is 5.75 Å². The molecule has 21 heavy (non-hydrogen) atoms. The number of likely N-dealkylation sites (tertiary alicyclic amines) is 1. The van der Waals surface area contributed by atoms with Gasteiger partial charge in [-0.2, -0.15) is 0 Å². The van der Waals surface area contributed by atoms with Crippen molar-refractivity contribution in [1.82, 2.24) is 4.90 Å². The molecule has 2 aromatic rings. The number of hydrogen-bond donors (Lipinski definition) is 0. The Bertz CT molecular complexity index is 613. The van der Waals surface area contributed by atoms with E-state index < -0.39 is 0 Å². The van der Waals surface area contributed by atoms with Crippen LogP contribution in [0, 0.1) is 5.92 Å². The molecular weight excluding hydrogens is 326 g/mol. The molecule has 0 spiro atoms. The van der Waals surface area contributed by atoms with Gasteiger partial charge in [0.2, 0.25) is 0 Å². The van der Waals surface area contributed by atoms with Gasteiger partial charge in [-0.05, 0) is 58.1 Å².